The molecule has 3 nitrogen and oxygen atoms in total. The van der Waals surface area contributed by atoms with E-state index in [-0.39, 0.29) is 0 Å². The molecule has 0 radical (unpaired) electrons. The lowest BCUT2D eigenvalue weighted by Crippen LogP contribution is -2.10. The minimum Gasteiger partial charge on any atom is -0.330 e. The first-order chi connectivity index (χ1) is 6.74. The van der Waals surface area contributed by atoms with E-state index in [1.807, 2.05) is 13.1 Å². The summed E-state index contributed by atoms with van der Waals surface area (Å²) < 4.78 is 2.15. The number of rotatable bonds is 2. The highest BCUT2D eigenvalue weighted by Crippen LogP contribution is 2.18. The average Bonchev–Trinajstić information content (AvgIpc) is 2.46. The first kappa shape index (κ1) is 9.21. The molecule has 0 atom stereocenters. The van der Waals surface area contributed by atoms with E-state index in [0.717, 1.165) is 17.9 Å². The summed E-state index contributed by atoms with van der Waals surface area (Å²) in [5.41, 5.74) is 3.59. The average molecular weight is 189 g/mol. The van der Waals surface area contributed by atoms with E-state index in [2.05, 4.69) is 41.0 Å². The Labute approximate surface area is 83.8 Å². The van der Waals surface area contributed by atoms with Gasteiger partial charge in [-0.1, -0.05) is 12.1 Å². The van der Waals surface area contributed by atoms with Gasteiger partial charge in [0.05, 0.1) is 17.6 Å². The zero-order valence-corrected chi connectivity index (χ0v) is 8.83. The van der Waals surface area contributed by atoms with Crippen molar-refractivity contribution in [1.82, 2.24) is 14.9 Å². The number of nitrogens with one attached hydrogen (secondary N) is 1. The first-order valence-electron chi connectivity index (χ1n) is 4.79. The number of hydrogen-bond acceptors (Lipinski definition) is 2. The summed E-state index contributed by atoms with van der Waals surface area (Å²) in [6.07, 6.45) is 0. The summed E-state index contributed by atoms with van der Waals surface area (Å²) in [6.45, 7) is 2.93. The Kier molecular flexibility index (Phi) is 2.25. The van der Waals surface area contributed by atoms with Gasteiger partial charge in [-0.15, -0.1) is 0 Å². The van der Waals surface area contributed by atoms with Gasteiger partial charge >= 0.3 is 0 Å². The second kappa shape index (κ2) is 3.42. The second-order valence-electron chi connectivity index (χ2n) is 3.56. The molecule has 1 N–H and O–H groups in total. The van der Waals surface area contributed by atoms with Gasteiger partial charge in [0.2, 0.25) is 0 Å². The molecule has 0 aliphatic heterocycles. The molecule has 0 unspecified atom stereocenters. The van der Waals surface area contributed by atoms with Crippen molar-refractivity contribution in [2.24, 2.45) is 7.05 Å². The summed E-state index contributed by atoms with van der Waals surface area (Å²) in [5, 5.41) is 3.12. The van der Waals surface area contributed by atoms with E-state index in [1.165, 1.54) is 11.1 Å². The van der Waals surface area contributed by atoms with Gasteiger partial charge in [-0.2, -0.15) is 0 Å². The lowest BCUT2D eigenvalue weighted by Gasteiger charge is -2.02. The van der Waals surface area contributed by atoms with Crippen LogP contribution < -0.4 is 5.32 Å². The van der Waals surface area contributed by atoms with Crippen molar-refractivity contribution < 1.29 is 0 Å². The SMILES string of the molecule is CNCc1nc2cccc(C)c2n1C. The van der Waals surface area contributed by atoms with Crippen LogP contribution in [0.4, 0.5) is 0 Å². The smallest absolute Gasteiger partial charge is 0.123 e. The van der Waals surface area contributed by atoms with Crippen molar-refractivity contribution in [3.05, 3.63) is 29.6 Å². The van der Waals surface area contributed by atoms with Crippen LogP contribution in [0.2, 0.25) is 0 Å². The summed E-state index contributed by atoms with van der Waals surface area (Å²) >= 11 is 0. The molecule has 74 valence electrons. The second-order valence-corrected chi connectivity index (χ2v) is 3.56. The predicted octanol–water partition coefficient (Wildman–Crippen LogP) is 1.60. The molecule has 14 heavy (non-hydrogen) atoms. The lowest BCUT2D eigenvalue weighted by atomic mass is 10.2. The Morgan fingerprint density at radius 2 is 2.21 bits per heavy atom. The van der Waals surface area contributed by atoms with Crippen LogP contribution in [0, 0.1) is 6.92 Å². The van der Waals surface area contributed by atoms with E-state index in [4.69, 9.17) is 0 Å². The van der Waals surface area contributed by atoms with Crippen LogP contribution in [0.25, 0.3) is 11.0 Å². The number of aromatic nitrogens is 2. The van der Waals surface area contributed by atoms with Gasteiger partial charge in [0.15, 0.2) is 0 Å². The van der Waals surface area contributed by atoms with E-state index in [1.54, 1.807) is 0 Å². The van der Waals surface area contributed by atoms with Gasteiger partial charge in [-0.25, -0.2) is 4.98 Å². The molecule has 1 heterocycles. The van der Waals surface area contributed by atoms with Crippen LogP contribution in [0.3, 0.4) is 0 Å². The molecule has 2 aromatic rings. The van der Waals surface area contributed by atoms with Crippen LogP contribution in [-0.2, 0) is 13.6 Å². The Balaban J connectivity index is 2.68. The number of hydrogen-bond donors (Lipinski definition) is 1. The normalized spacial score (nSPS) is 11.1. The Hall–Kier alpha value is -1.35. The van der Waals surface area contributed by atoms with Crippen molar-refractivity contribution in [1.29, 1.82) is 0 Å². The molecule has 3 heteroatoms. The highest BCUT2D eigenvalue weighted by molar-refractivity contribution is 5.79. The van der Waals surface area contributed by atoms with E-state index in [9.17, 15) is 0 Å². The summed E-state index contributed by atoms with van der Waals surface area (Å²) in [6, 6.07) is 6.22. The van der Waals surface area contributed by atoms with Crippen molar-refractivity contribution in [2.45, 2.75) is 13.5 Å². The van der Waals surface area contributed by atoms with E-state index < -0.39 is 0 Å². The number of imidazole rings is 1. The molecule has 0 spiro atoms. The predicted molar refractivity (Wildman–Crippen MR) is 58.2 cm³/mol. The van der Waals surface area contributed by atoms with Crippen LogP contribution in [0.15, 0.2) is 18.2 Å². The number of para-hydroxylation sites is 1. The van der Waals surface area contributed by atoms with Crippen molar-refractivity contribution in [3.63, 3.8) is 0 Å². The van der Waals surface area contributed by atoms with Crippen molar-refractivity contribution >= 4 is 11.0 Å². The number of fused-ring (bicyclic) bond motifs is 1. The van der Waals surface area contributed by atoms with Crippen molar-refractivity contribution in [2.75, 3.05) is 7.05 Å². The number of nitrogens with zero attached hydrogens (tertiary/aromatic N) is 2. The number of benzene rings is 1. The van der Waals surface area contributed by atoms with E-state index >= 15 is 0 Å². The molecular formula is C11H15N3. The van der Waals surface area contributed by atoms with Crippen LogP contribution >= 0.6 is 0 Å². The molecule has 0 saturated heterocycles. The largest absolute Gasteiger partial charge is 0.330 e. The maximum absolute atomic E-state index is 4.56. The molecule has 0 aliphatic rings. The van der Waals surface area contributed by atoms with Crippen molar-refractivity contribution in [3.8, 4) is 0 Å². The van der Waals surface area contributed by atoms with Gasteiger partial charge in [-0.05, 0) is 25.6 Å². The fourth-order valence-electron chi connectivity index (χ4n) is 1.83. The molecule has 0 fully saturated rings. The topological polar surface area (TPSA) is 29.9 Å². The third kappa shape index (κ3) is 1.30. The van der Waals surface area contributed by atoms with Gasteiger partial charge in [0.25, 0.3) is 0 Å². The molecular weight excluding hydrogens is 174 g/mol. The highest BCUT2D eigenvalue weighted by atomic mass is 15.1. The van der Waals surface area contributed by atoms with E-state index in [0.29, 0.717) is 0 Å². The summed E-state index contributed by atoms with van der Waals surface area (Å²) in [5.74, 6) is 1.08. The van der Waals surface area contributed by atoms with Gasteiger partial charge in [-0.3, -0.25) is 0 Å². The number of aryl methyl sites for hydroxylation is 2. The zero-order valence-electron chi connectivity index (χ0n) is 8.83. The van der Waals surface area contributed by atoms with Gasteiger partial charge < -0.3 is 9.88 Å². The molecule has 2 rings (SSSR count). The monoisotopic (exact) mass is 189 g/mol. The Morgan fingerprint density at radius 1 is 1.43 bits per heavy atom. The molecule has 0 amide bonds. The van der Waals surface area contributed by atoms with Gasteiger partial charge in [0, 0.05) is 7.05 Å². The molecule has 0 saturated carbocycles. The Morgan fingerprint density at radius 3 is 2.86 bits per heavy atom. The maximum Gasteiger partial charge on any atom is 0.123 e. The van der Waals surface area contributed by atoms with Crippen LogP contribution in [0.5, 0.6) is 0 Å². The van der Waals surface area contributed by atoms with Crippen LogP contribution in [-0.4, -0.2) is 16.6 Å². The summed E-state index contributed by atoms with van der Waals surface area (Å²) in [4.78, 5) is 4.56. The van der Waals surface area contributed by atoms with Crippen LogP contribution in [0.1, 0.15) is 11.4 Å². The standard InChI is InChI=1S/C11H15N3/c1-8-5-4-6-9-11(8)14(3)10(13-9)7-12-2/h4-6,12H,7H2,1-3H3. The highest BCUT2D eigenvalue weighted by Gasteiger charge is 2.07. The van der Waals surface area contributed by atoms with Gasteiger partial charge in [0.1, 0.15) is 5.82 Å². The fourth-order valence-corrected chi connectivity index (χ4v) is 1.83. The minimum absolute atomic E-state index is 0.810. The molecule has 1 aromatic carbocycles. The minimum atomic E-state index is 0.810. The molecule has 1 aromatic heterocycles. The zero-order chi connectivity index (χ0) is 10.1. The quantitative estimate of drug-likeness (QED) is 0.777. The fraction of sp³-hybridized carbons (Fsp3) is 0.364. The first-order valence-corrected chi connectivity index (χ1v) is 4.79. The summed E-state index contributed by atoms with van der Waals surface area (Å²) in [7, 11) is 4.00. The Bertz CT molecular complexity index is 457. The lowest BCUT2D eigenvalue weighted by molar-refractivity contribution is 0.718. The molecule has 0 bridgehead atoms. The third-order valence-corrected chi connectivity index (χ3v) is 2.52. The molecule has 0 aliphatic carbocycles. The maximum atomic E-state index is 4.56. The third-order valence-electron chi connectivity index (χ3n) is 2.52.